The Morgan fingerprint density at radius 2 is 2.09 bits per heavy atom. The molecule has 0 heterocycles. The van der Waals surface area contributed by atoms with Crippen LogP contribution in [0.4, 0.5) is 0 Å². The van der Waals surface area contributed by atoms with Gasteiger partial charge in [-0.25, -0.2) is 0 Å². The summed E-state index contributed by atoms with van der Waals surface area (Å²) >= 11 is 0. The van der Waals surface area contributed by atoms with Gasteiger partial charge in [0.2, 0.25) is 0 Å². The Labute approximate surface area is 70.9 Å². The van der Waals surface area contributed by atoms with Crippen molar-refractivity contribution >= 4 is 0 Å². The molecule has 0 amide bonds. The average Bonchev–Trinajstić information content (AvgIpc) is 2.04. The molecule has 1 N–H and O–H groups in total. The largest absolute Gasteiger partial charge is 0.317 e. The van der Waals surface area contributed by atoms with Crippen LogP contribution in [0.5, 0.6) is 0 Å². The Balaban J connectivity index is 3.15. The van der Waals surface area contributed by atoms with Crippen molar-refractivity contribution in [3.63, 3.8) is 0 Å². The zero-order valence-electron chi connectivity index (χ0n) is 8.06. The Kier molecular flexibility index (Phi) is 7.59. The molecule has 0 spiro atoms. The van der Waals surface area contributed by atoms with Gasteiger partial charge in [-0.05, 0) is 25.4 Å². The summed E-state index contributed by atoms with van der Waals surface area (Å²) < 4.78 is 0. The SMILES string of the molecule is CCNCC/C=C\C(C)CC. The van der Waals surface area contributed by atoms with Crippen molar-refractivity contribution in [3.8, 4) is 0 Å². The molecule has 0 aromatic rings. The summed E-state index contributed by atoms with van der Waals surface area (Å²) in [6.07, 6.45) is 6.99. The second-order valence-electron chi connectivity index (χ2n) is 2.96. The summed E-state index contributed by atoms with van der Waals surface area (Å²) in [4.78, 5) is 0. The van der Waals surface area contributed by atoms with Crippen molar-refractivity contribution in [2.24, 2.45) is 5.92 Å². The van der Waals surface area contributed by atoms with Crippen molar-refractivity contribution < 1.29 is 0 Å². The first-order chi connectivity index (χ1) is 5.31. The number of allylic oxidation sites excluding steroid dienone is 1. The Morgan fingerprint density at radius 3 is 2.64 bits per heavy atom. The summed E-state index contributed by atoms with van der Waals surface area (Å²) in [6.45, 7) is 8.81. The zero-order chi connectivity index (χ0) is 8.53. The van der Waals surface area contributed by atoms with Gasteiger partial charge in [0.25, 0.3) is 0 Å². The molecule has 0 radical (unpaired) electrons. The summed E-state index contributed by atoms with van der Waals surface area (Å²) in [5.41, 5.74) is 0. The van der Waals surface area contributed by atoms with Crippen LogP contribution in [0.15, 0.2) is 12.2 Å². The molecule has 0 saturated carbocycles. The van der Waals surface area contributed by atoms with Crippen LogP contribution in [-0.2, 0) is 0 Å². The zero-order valence-corrected chi connectivity index (χ0v) is 8.06. The third-order valence-corrected chi connectivity index (χ3v) is 1.85. The highest BCUT2D eigenvalue weighted by molar-refractivity contribution is 4.85. The summed E-state index contributed by atoms with van der Waals surface area (Å²) in [5.74, 6) is 0.747. The lowest BCUT2D eigenvalue weighted by Gasteiger charge is -1.99. The van der Waals surface area contributed by atoms with Gasteiger partial charge in [-0.3, -0.25) is 0 Å². The van der Waals surface area contributed by atoms with E-state index < -0.39 is 0 Å². The van der Waals surface area contributed by atoms with Gasteiger partial charge < -0.3 is 5.32 Å². The molecule has 0 fully saturated rings. The normalized spacial score (nSPS) is 14.1. The van der Waals surface area contributed by atoms with E-state index >= 15 is 0 Å². The quantitative estimate of drug-likeness (QED) is 0.459. The lowest BCUT2D eigenvalue weighted by Crippen LogP contribution is -2.12. The predicted molar refractivity (Wildman–Crippen MR) is 51.8 cm³/mol. The molecular formula is C10H21N. The second-order valence-corrected chi connectivity index (χ2v) is 2.96. The second kappa shape index (κ2) is 7.80. The minimum atomic E-state index is 0.747. The fraction of sp³-hybridized carbons (Fsp3) is 0.800. The van der Waals surface area contributed by atoms with Crippen molar-refractivity contribution in [2.45, 2.75) is 33.6 Å². The first-order valence-corrected chi connectivity index (χ1v) is 4.68. The highest BCUT2D eigenvalue weighted by atomic mass is 14.8. The molecule has 0 saturated heterocycles. The molecule has 0 aliphatic carbocycles. The maximum absolute atomic E-state index is 3.29. The number of hydrogen-bond acceptors (Lipinski definition) is 1. The van der Waals surface area contributed by atoms with E-state index in [1.54, 1.807) is 0 Å². The molecule has 0 aromatic carbocycles. The standard InChI is InChI=1S/C10H21N/c1-4-10(3)8-6-7-9-11-5-2/h6,8,10-11H,4-5,7,9H2,1-3H3/b8-6-. The summed E-state index contributed by atoms with van der Waals surface area (Å²) in [5, 5.41) is 3.29. The molecule has 0 rings (SSSR count). The number of nitrogens with one attached hydrogen (secondary N) is 1. The molecule has 66 valence electrons. The molecule has 1 nitrogen and oxygen atoms in total. The molecule has 0 aromatic heterocycles. The molecule has 0 aliphatic rings. The fourth-order valence-corrected chi connectivity index (χ4v) is 0.827. The monoisotopic (exact) mass is 155 g/mol. The molecule has 0 bridgehead atoms. The lowest BCUT2D eigenvalue weighted by molar-refractivity contribution is 0.686. The van der Waals surface area contributed by atoms with E-state index in [0.29, 0.717) is 0 Å². The van der Waals surface area contributed by atoms with Crippen molar-refractivity contribution in [3.05, 3.63) is 12.2 Å². The maximum atomic E-state index is 3.29. The van der Waals surface area contributed by atoms with E-state index in [-0.39, 0.29) is 0 Å². The first-order valence-electron chi connectivity index (χ1n) is 4.68. The number of hydrogen-bond donors (Lipinski definition) is 1. The predicted octanol–water partition coefficient (Wildman–Crippen LogP) is 2.59. The molecular weight excluding hydrogens is 134 g/mol. The van der Waals surface area contributed by atoms with Gasteiger partial charge >= 0.3 is 0 Å². The van der Waals surface area contributed by atoms with Gasteiger partial charge in [0.05, 0.1) is 0 Å². The van der Waals surface area contributed by atoms with Crippen molar-refractivity contribution in [1.29, 1.82) is 0 Å². The lowest BCUT2D eigenvalue weighted by atomic mass is 10.1. The van der Waals surface area contributed by atoms with Crippen molar-refractivity contribution in [2.75, 3.05) is 13.1 Å². The molecule has 11 heavy (non-hydrogen) atoms. The van der Waals surface area contributed by atoms with Crippen LogP contribution >= 0.6 is 0 Å². The van der Waals surface area contributed by atoms with Crippen molar-refractivity contribution in [1.82, 2.24) is 5.32 Å². The van der Waals surface area contributed by atoms with E-state index in [4.69, 9.17) is 0 Å². The smallest absolute Gasteiger partial charge is 0.00144 e. The Hall–Kier alpha value is -0.300. The third kappa shape index (κ3) is 7.60. The van der Waals surface area contributed by atoms with Crippen LogP contribution in [0, 0.1) is 5.92 Å². The highest BCUT2D eigenvalue weighted by Crippen LogP contribution is 2.01. The minimum Gasteiger partial charge on any atom is -0.317 e. The number of rotatable bonds is 6. The van der Waals surface area contributed by atoms with Gasteiger partial charge in [-0.2, -0.15) is 0 Å². The van der Waals surface area contributed by atoms with Crippen LogP contribution < -0.4 is 5.32 Å². The third-order valence-electron chi connectivity index (χ3n) is 1.85. The van der Waals surface area contributed by atoms with E-state index in [1.807, 2.05) is 0 Å². The molecule has 1 unspecified atom stereocenters. The first kappa shape index (κ1) is 10.7. The van der Waals surface area contributed by atoms with E-state index in [1.165, 1.54) is 6.42 Å². The topological polar surface area (TPSA) is 12.0 Å². The van der Waals surface area contributed by atoms with Crippen LogP contribution in [0.3, 0.4) is 0 Å². The van der Waals surface area contributed by atoms with E-state index in [9.17, 15) is 0 Å². The van der Waals surface area contributed by atoms with E-state index in [0.717, 1.165) is 25.4 Å². The maximum Gasteiger partial charge on any atom is -0.00144 e. The van der Waals surface area contributed by atoms with Gasteiger partial charge in [0.1, 0.15) is 0 Å². The Morgan fingerprint density at radius 1 is 1.36 bits per heavy atom. The van der Waals surface area contributed by atoms with E-state index in [2.05, 4.69) is 38.2 Å². The van der Waals surface area contributed by atoms with Crippen LogP contribution in [0.25, 0.3) is 0 Å². The van der Waals surface area contributed by atoms with Crippen LogP contribution in [-0.4, -0.2) is 13.1 Å². The fourth-order valence-electron chi connectivity index (χ4n) is 0.827. The van der Waals surface area contributed by atoms with Gasteiger partial charge in [0.15, 0.2) is 0 Å². The highest BCUT2D eigenvalue weighted by Gasteiger charge is 1.88. The molecule has 1 atom stereocenters. The summed E-state index contributed by atoms with van der Waals surface area (Å²) in [6, 6.07) is 0. The van der Waals surface area contributed by atoms with Gasteiger partial charge in [0, 0.05) is 0 Å². The van der Waals surface area contributed by atoms with Gasteiger partial charge in [-0.1, -0.05) is 39.3 Å². The van der Waals surface area contributed by atoms with Crippen LogP contribution in [0.2, 0.25) is 0 Å². The van der Waals surface area contributed by atoms with Crippen LogP contribution in [0.1, 0.15) is 33.6 Å². The summed E-state index contributed by atoms with van der Waals surface area (Å²) in [7, 11) is 0. The Bertz CT molecular complexity index is 97.0. The van der Waals surface area contributed by atoms with Gasteiger partial charge in [-0.15, -0.1) is 0 Å². The molecule has 0 aliphatic heterocycles. The molecule has 1 heteroatoms. The minimum absolute atomic E-state index is 0.747. The average molecular weight is 155 g/mol.